The second-order valence-electron chi connectivity index (χ2n) is 6.04. The maximum atomic E-state index is 11.2. The van der Waals surface area contributed by atoms with Crippen molar-refractivity contribution in [1.82, 2.24) is 9.78 Å². The lowest BCUT2D eigenvalue weighted by atomic mass is 10.1. The van der Waals surface area contributed by atoms with E-state index in [1.807, 2.05) is 43.5 Å². The molecular weight excluding hydrogens is 350 g/mol. The Balaban J connectivity index is 1.77. The molecule has 0 amide bonds. The van der Waals surface area contributed by atoms with Crippen LogP contribution in [0.1, 0.15) is 24.1 Å². The molecular formula is C18H17N5O4. The minimum absolute atomic E-state index is 0.217. The lowest BCUT2D eigenvalue weighted by molar-refractivity contribution is -0.393. The van der Waals surface area contributed by atoms with Gasteiger partial charge in [-0.05, 0) is 18.6 Å². The Hall–Kier alpha value is -3.75. The molecule has 0 radical (unpaired) electrons. The SMILES string of the molecule is CC(Nc1ccc([N+](=O)[O-])cc1[N+](=O)[O-])c1cnn(Cc2ccccc2)c1. The van der Waals surface area contributed by atoms with Gasteiger partial charge in [0.25, 0.3) is 11.4 Å². The number of nitro benzene ring substituents is 2. The van der Waals surface area contributed by atoms with Crippen molar-refractivity contribution in [2.75, 3.05) is 5.32 Å². The fourth-order valence-corrected chi connectivity index (χ4v) is 2.68. The van der Waals surface area contributed by atoms with E-state index in [2.05, 4.69) is 10.4 Å². The predicted molar refractivity (Wildman–Crippen MR) is 99.6 cm³/mol. The van der Waals surface area contributed by atoms with Crippen LogP contribution in [0.2, 0.25) is 0 Å². The summed E-state index contributed by atoms with van der Waals surface area (Å²) in [7, 11) is 0. The molecule has 0 spiro atoms. The van der Waals surface area contributed by atoms with Gasteiger partial charge in [-0.3, -0.25) is 24.9 Å². The molecule has 1 unspecified atom stereocenters. The molecule has 0 bridgehead atoms. The van der Waals surface area contributed by atoms with Crippen LogP contribution in [0, 0.1) is 20.2 Å². The summed E-state index contributed by atoms with van der Waals surface area (Å²) in [6.45, 7) is 2.46. The van der Waals surface area contributed by atoms with Crippen molar-refractivity contribution in [3.8, 4) is 0 Å². The normalized spacial score (nSPS) is 11.7. The summed E-state index contributed by atoms with van der Waals surface area (Å²) in [5, 5.41) is 29.4. The topological polar surface area (TPSA) is 116 Å². The minimum atomic E-state index is -0.659. The Morgan fingerprint density at radius 1 is 1.11 bits per heavy atom. The Labute approximate surface area is 154 Å². The van der Waals surface area contributed by atoms with Crippen LogP contribution in [0.4, 0.5) is 17.1 Å². The molecule has 3 rings (SSSR count). The van der Waals surface area contributed by atoms with E-state index in [4.69, 9.17) is 0 Å². The first-order valence-corrected chi connectivity index (χ1v) is 8.19. The highest BCUT2D eigenvalue weighted by Gasteiger charge is 2.21. The number of nitro groups is 2. The van der Waals surface area contributed by atoms with Crippen molar-refractivity contribution in [2.45, 2.75) is 19.5 Å². The Morgan fingerprint density at radius 3 is 2.52 bits per heavy atom. The van der Waals surface area contributed by atoms with Crippen molar-refractivity contribution in [2.24, 2.45) is 0 Å². The number of anilines is 1. The van der Waals surface area contributed by atoms with Crippen LogP contribution >= 0.6 is 0 Å². The number of hydrogen-bond donors (Lipinski definition) is 1. The molecule has 0 aliphatic rings. The van der Waals surface area contributed by atoms with Crippen LogP contribution in [0.5, 0.6) is 0 Å². The third kappa shape index (κ3) is 4.27. The zero-order valence-corrected chi connectivity index (χ0v) is 14.5. The minimum Gasteiger partial charge on any atom is -0.373 e. The fraction of sp³-hybridized carbons (Fsp3) is 0.167. The van der Waals surface area contributed by atoms with E-state index in [0.717, 1.165) is 17.2 Å². The highest BCUT2D eigenvalue weighted by atomic mass is 16.6. The molecule has 0 aliphatic carbocycles. The average Bonchev–Trinajstić information content (AvgIpc) is 3.11. The van der Waals surface area contributed by atoms with Gasteiger partial charge >= 0.3 is 0 Å². The molecule has 1 heterocycles. The predicted octanol–water partition coefficient (Wildman–Crippen LogP) is 3.92. The standard InChI is InChI=1S/C18H17N5O4/c1-13(15-10-19-21(12-15)11-14-5-3-2-4-6-14)20-17-8-7-16(22(24)25)9-18(17)23(26)27/h2-10,12-13,20H,11H2,1H3. The molecule has 9 heteroatoms. The van der Waals surface area contributed by atoms with E-state index >= 15 is 0 Å². The van der Waals surface area contributed by atoms with Crippen molar-refractivity contribution < 1.29 is 9.85 Å². The second-order valence-corrected chi connectivity index (χ2v) is 6.04. The van der Waals surface area contributed by atoms with Gasteiger partial charge in [0.15, 0.2) is 0 Å². The summed E-state index contributed by atoms with van der Waals surface area (Å²) in [6, 6.07) is 13.1. The molecule has 1 aromatic heterocycles. The quantitative estimate of drug-likeness (QED) is 0.500. The lowest BCUT2D eigenvalue weighted by Gasteiger charge is -2.13. The summed E-state index contributed by atoms with van der Waals surface area (Å²) in [5.41, 5.74) is 1.51. The first-order valence-electron chi connectivity index (χ1n) is 8.19. The van der Waals surface area contributed by atoms with Crippen molar-refractivity contribution in [1.29, 1.82) is 0 Å². The van der Waals surface area contributed by atoms with Crippen LogP contribution < -0.4 is 5.32 Å². The fourth-order valence-electron chi connectivity index (χ4n) is 2.68. The van der Waals surface area contributed by atoms with Gasteiger partial charge in [0.1, 0.15) is 5.69 Å². The Bertz CT molecular complexity index is 971. The van der Waals surface area contributed by atoms with E-state index in [1.165, 1.54) is 12.1 Å². The number of hydrogen-bond acceptors (Lipinski definition) is 6. The maximum absolute atomic E-state index is 11.2. The molecule has 0 fully saturated rings. The number of rotatable bonds is 7. The molecule has 1 atom stereocenters. The molecule has 1 N–H and O–H groups in total. The zero-order valence-electron chi connectivity index (χ0n) is 14.5. The number of nitrogens with zero attached hydrogens (tertiary/aromatic N) is 4. The van der Waals surface area contributed by atoms with Gasteiger partial charge in [-0.25, -0.2) is 0 Å². The van der Waals surface area contributed by atoms with Gasteiger partial charge in [0, 0.05) is 17.8 Å². The van der Waals surface area contributed by atoms with Crippen molar-refractivity contribution >= 4 is 17.1 Å². The van der Waals surface area contributed by atoms with E-state index in [-0.39, 0.29) is 23.1 Å². The monoisotopic (exact) mass is 367 g/mol. The van der Waals surface area contributed by atoms with Crippen LogP contribution in [0.3, 0.4) is 0 Å². The van der Waals surface area contributed by atoms with Crippen LogP contribution in [-0.2, 0) is 6.54 Å². The molecule has 0 saturated heterocycles. The van der Waals surface area contributed by atoms with Gasteiger partial charge in [0.05, 0.1) is 34.7 Å². The summed E-state index contributed by atoms with van der Waals surface area (Å²) in [6.07, 6.45) is 3.56. The largest absolute Gasteiger partial charge is 0.373 e. The first-order chi connectivity index (χ1) is 12.9. The van der Waals surface area contributed by atoms with Crippen molar-refractivity contribution in [3.05, 3.63) is 92.3 Å². The van der Waals surface area contributed by atoms with Gasteiger partial charge in [-0.1, -0.05) is 30.3 Å². The van der Waals surface area contributed by atoms with E-state index < -0.39 is 9.85 Å². The van der Waals surface area contributed by atoms with E-state index in [1.54, 1.807) is 10.9 Å². The second kappa shape index (κ2) is 7.65. The number of non-ortho nitro benzene ring substituents is 1. The molecule has 138 valence electrons. The van der Waals surface area contributed by atoms with E-state index in [9.17, 15) is 20.2 Å². The van der Waals surface area contributed by atoms with Gasteiger partial charge < -0.3 is 5.32 Å². The molecule has 27 heavy (non-hydrogen) atoms. The molecule has 9 nitrogen and oxygen atoms in total. The lowest BCUT2D eigenvalue weighted by Crippen LogP contribution is -2.08. The molecule has 3 aromatic rings. The number of aromatic nitrogens is 2. The Kier molecular flexibility index (Phi) is 5.11. The smallest absolute Gasteiger partial charge is 0.299 e. The Morgan fingerprint density at radius 2 is 1.85 bits per heavy atom. The van der Waals surface area contributed by atoms with Gasteiger partial charge in [-0.15, -0.1) is 0 Å². The molecule has 0 saturated carbocycles. The molecule has 0 aliphatic heterocycles. The summed E-state index contributed by atoms with van der Waals surface area (Å²) >= 11 is 0. The third-order valence-electron chi connectivity index (χ3n) is 4.10. The van der Waals surface area contributed by atoms with Crippen LogP contribution in [-0.4, -0.2) is 19.6 Å². The average molecular weight is 367 g/mol. The first kappa shape index (κ1) is 18.1. The van der Waals surface area contributed by atoms with Gasteiger partial charge in [0.2, 0.25) is 0 Å². The summed E-state index contributed by atoms with van der Waals surface area (Å²) < 4.78 is 1.78. The van der Waals surface area contributed by atoms with E-state index in [0.29, 0.717) is 6.54 Å². The van der Waals surface area contributed by atoms with Crippen LogP contribution in [0.25, 0.3) is 0 Å². The summed E-state index contributed by atoms with van der Waals surface area (Å²) in [4.78, 5) is 20.8. The third-order valence-corrected chi connectivity index (χ3v) is 4.10. The molecule has 2 aromatic carbocycles. The maximum Gasteiger partial charge on any atom is 0.299 e. The van der Waals surface area contributed by atoms with Gasteiger partial charge in [-0.2, -0.15) is 5.10 Å². The highest BCUT2D eigenvalue weighted by molar-refractivity contribution is 5.65. The zero-order chi connectivity index (χ0) is 19.4. The van der Waals surface area contributed by atoms with Crippen LogP contribution in [0.15, 0.2) is 60.9 Å². The number of benzene rings is 2. The summed E-state index contributed by atoms with van der Waals surface area (Å²) in [5.74, 6) is 0. The number of nitrogens with one attached hydrogen (secondary N) is 1. The van der Waals surface area contributed by atoms with Crippen molar-refractivity contribution in [3.63, 3.8) is 0 Å². The highest BCUT2D eigenvalue weighted by Crippen LogP contribution is 2.31.